The molecule has 2 N–H and O–H groups in total. The van der Waals surface area contributed by atoms with E-state index in [-0.39, 0.29) is 26.1 Å². The summed E-state index contributed by atoms with van der Waals surface area (Å²) in [6, 6.07) is -1.62. The molecule has 0 radical (unpaired) electrons. The van der Waals surface area contributed by atoms with Crippen LogP contribution in [0.3, 0.4) is 0 Å². The number of carbonyl (C=O) groups excluding carboxylic acids is 2. The second-order valence-corrected chi connectivity index (χ2v) is 4.91. The first-order valence-electron chi connectivity index (χ1n) is 7.02. The zero-order valence-corrected chi connectivity index (χ0v) is 12.3. The summed E-state index contributed by atoms with van der Waals surface area (Å²) in [6.45, 7) is 3.78. The van der Waals surface area contributed by atoms with Crippen molar-refractivity contribution in [2.45, 2.75) is 38.8 Å². The highest BCUT2D eigenvalue weighted by molar-refractivity contribution is 5.86. The van der Waals surface area contributed by atoms with Crippen LogP contribution in [0.1, 0.15) is 26.7 Å². The molecule has 21 heavy (non-hydrogen) atoms. The summed E-state index contributed by atoms with van der Waals surface area (Å²) >= 11 is 0. The van der Waals surface area contributed by atoms with E-state index in [1.807, 2.05) is 6.92 Å². The van der Waals surface area contributed by atoms with Gasteiger partial charge in [-0.15, -0.1) is 0 Å². The van der Waals surface area contributed by atoms with Gasteiger partial charge in [-0.1, -0.05) is 6.92 Å². The number of carbonyl (C=O) groups is 3. The number of urea groups is 1. The Morgan fingerprint density at radius 3 is 2.52 bits per heavy atom. The standard InChI is InChI=1S/C13H22N2O6/c1-3-5-14(8-11(17)21-4-2)13(20)15-7-9(16)6-10(15)12(18)19/h9-10,16H,3-8H2,1-2H3,(H,18,19)/t9-,10-/m1/s1. The molecule has 2 amide bonds. The van der Waals surface area contributed by atoms with Crippen molar-refractivity contribution >= 4 is 18.0 Å². The van der Waals surface area contributed by atoms with E-state index in [9.17, 15) is 19.5 Å². The lowest BCUT2D eigenvalue weighted by Crippen LogP contribution is -2.50. The lowest BCUT2D eigenvalue weighted by Gasteiger charge is -2.29. The Kier molecular flexibility index (Phi) is 6.41. The van der Waals surface area contributed by atoms with E-state index >= 15 is 0 Å². The Hall–Kier alpha value is -1.83. The molecule has 2 atom stereocenters. The molecule has 1 heterocycles. The van der Waals surface area contributed by atoms with Gasteiger partial charge < -0.3 is 24.7 Å². The number of aliphatic hydroxyl groups excluding tert-OH is 1. The highest BCUT2D eigenvalue weighted by atomic mass is 16.5. The van der Waals surface area contributed by atoms with Crippen LogP contribution in [0.4, 0.5) is 4.79 Å². The average molecular weight is 302 g/mol. The minimum atomic E-state index is -1.16. The van der Waals surface area contributed by atoms with Crippen molar-refractivity contribution in [1.29, 1.82) is 0 Å². The SMILES string of the molecule is CCCN(CC(=O)OCC)C(=O)N1C[C@H](O)C[C@@H]1C(=O)O. The first-order valence-corrected chi connectivity index (χ1v) is 7.02. The molecule has 1 fully saturated rings. The van der Waals surface area contributed by atoms with E-state index in [0.717, 1.165) is 4.90 Å². The number of likely N-dealkylation sites (tertiary alicyclic amines) is 1. The van der Waals surface area contributed by atoms with Crippen LogP contribution in [0.5, 0.6) is 0 Å². The Morgan fingerprint density at radius 1 is 1.33 bits per heavy atom. The molecule has 0 unspecified atom stereocenters. The van der Waals surface area contributed by atoms with Crippen LogP contribution in [0.2, 0.25) is 0 Å². The fraction of sp³-hybridized carbons (Fsp3) is 0.769. The summed E-state index contributed by atoms with van der Waals surface area (Å²) in [4.78, 5) is 37.4. The van der Waals surface area contributed by atoms with E-state index in [2.05, 4.69) is 0 Å². The average Bonchev–Trinajstić information content (AvgIpc) is 2.80. The number of rotatable bonds is 6. The minimum absolute atomic E-state index is 0.000441. The van der Waals surface area contributed by atoms with Crippen molar-refractivity contribution in [3.63, 3.8) is 0 Å². The van der Waals surface area contributed by atoms with E-state index in [4.69, 9.17) is 9.84 Å². The van der Waals surface area contributed by atoms with E-state index in [1.165, 1.54) is 4.90 Å². The van der Waals surface area contributed by atoms with Crippen molar-refractivity contribution in [1.82, 2.24) is 9.80 Å². The first kappa shape index (κ1) is 17.2. The third kappa shape index (κ3) is 4.59. The third-order valence-corrected chi connectivity index (χ3v) is 3.20. The number of aliphatic carboxylic acids is 1. The van der Waals surface area contributed by atoms with Gasteiger partial charge in [-0.3, -0.25) is 4.79 Å². The normalized spacial score (nSPS) is 21.2. The van der Waals surface area contributed by atoms with Crippen LogP contribution in [0, 0.1) is 0 Å². The van der Waals surface area contributed by atoms with Gasteiger partial charge in [0.1, 0.15) is 12.6 Å². The topological polar surface area (TPSA) is 107 Å². The van der Waals surface area contributed by atoms with Crippen LogP contribution in [-0.2, 0) is 14.3 Å². The number of aliphatic hydroxyl groups is 1. The molecule has 120 valence electrons. The smallest absolute Gasteiger partial charge is 0.326 e. The molecule has 8 heteroatoms. The first-order chi connectivity index (χ1) is 9.90. The maximum atomic E-state index is 12.4. The molecule has 0 aromatic carbocycles. The minimum Gasteiger partial charge on any atom is -0.480 e. The Balaban J connectivity index is 2.79. The summed E-state index contributed by atoms with van der Waals surface area (Å²) < 4.78 is 4.81. The second kappa shape index (κ2) is 7.82. The number of carboxylic acids is 1. The van der Waals surface area contributed by atoms with Crippen molar-refractivity contribution in [2.24, 2.45) is 0 Å². The van der Waals surface area contributed by atoms with Crippen LogP contribution >= 0.6 is 0 Å². The number of carboxylic acid groups (broad SMARTS) is 1. The Bertz CT molecular complexity index is 400. The summed E-state index contributed by atoms with van der Waals surface area (Å²) in [7, 11) is 0. The monoisotopic (exact) mass is 302 g/mol. The molecular formula is C13H22N2O6. The highest BCUT2D eigenvalue weighted by Gasteiger charge is 2.40. The number of esters is 1. The Labute approximate surface area is 123 Å². The predicted molar refractivity (Wildman–Crippen MR) is 72.6 cm³/mol. The maximum absolute atomic E-state index is 12.4. The van der Waals surface area contributed by atoms with Crippen LogP contribution in [0.25, 0.3) is 0 Å². The summed E-state index contributed by atoms with van der Waals surface area (Å²) in [5.74, 6) is -1.70. The number of hydrogen-bond acceptors (Lipinski definition) is 5. The molecule has 0 aliphatic carbocycles. The van der Waals surface area contributed by atoms with E-state index in [1.54, 1.807) is 6.92 Å². The van der Waals surface area contributed by atoms with E-state index in [0.29, 0.717) is 13.0 Å². The summed E-state index contributed by atoms with van der Waals surface area (Å²) in [5.41, 5.74) is 0. The largest absolute Gasteiger partial charge is 0.480 e. The highest BCUT2D eigenvalue weighted by Crippen LogP contribution is 2.20. The van der Waals surface area contributed by atoms with Crippen molar-refractivity contribution in [2.75, 3.05) is 26.2 Å². The number of hydrogen-bond donors (Lipinski definition) is 2. The van der Waals surface area contributed by atoms with Crippen LogP contribution in [0.15, 0.2) is 0 Å². The zero-order valence-electron chi connectivity index (χ0n) is 12.3. The molecule has 0 bridgehead atoms. The van der Waals surface area contributed by atoms with Gasteiger partial charge in [-0.25, -0.2) is 9.59 Å². The molecule has 1 aliphatic rings. The molecule has 1 rings (SSSR count). The van der Waals surface area contributed by atoms with Gasteiger partial charge in [-0.05, 0) is 13.3 Å². The van der Waals surface area contributed by atoms with Crippen LogP contribution in [-0.4, -0.2) is 76.4 Å². The number of β-amino-alcohol motifs (C(OH)–C–C–N with tert-alkyl or cyclic N) is 1. The lowest BCUT2D eigenvalue weighted by atomic mass is 10.2. The maximum Gasteiger partial charge on any atom is 0.326 e. The van der Waals surface area contributed by atoms with Crippen LogP contribution < -0.4 is 0 Å². The number of nitrogens with zero attached hydrogens (tertiary/aromatic N) is 2. The summed E-state index contributed by atoms with van der Waals surface area (Å²) in [5, 5.41) is 18.7. The van der Waals surface area contributed by atoms with Gasteiger partial charge in [0.2, 0.25) is 0 Å². The molecule has 0 spiro atoms. The van der Waals surface area contributed by atoms with Gasteiger partial charge in [0.05, 0.1) is 12.7 Å². The van der Waals surface area contributed by atoms with Crippen molar-refractivity contribution in [3.05, 3.63) is 0 Å². The van der Waals surface area contributed by atoms with Gasteiger partial charge in [0.15, 0.2) is 0 Å². The van der Waals surface area contributed by atoms with E-state index < -0.39 is 30.1 Å². The molecule has 0 aromatic rings. The molecule has 8 nitrogen and oxygen atoms in total. The number of ether oxygens (including phenoxy) is 1. The van der Waals surface area contributed by atoms with Gasteiger partial charge in [0.25, 0.3) is 0 Å². The van der Waals surface area contributed by atoms with Crippen molar-refractivity contribution < 1.29 is 29.3 Å². The fourth-order valence-electron chi connectivity index (χ4n) is 2.32. The predicted octanol–water partition coefficient (Wildman–Crippen LogP) is -0.0987. The second-order valence-electron chi connectivity index (χ2n) is 4.91. The molecule has 1 aliphatic heterocycles. The molecule has 0 saturated carbocycles. The molecular weight excluding hydrogens is 280 g/mol. The lowest BCUT2D eigenvalue weighted by molar-refractivity contribution is -0.143. The van der Waals surface area contributed by atoms with Crippen molar-refractivity contribution in [3.8, 4) is 0 Å². The Morgan fingerprint density at radius 2 is 2.00 bits per heavy atom. The summed E-state index contributed by atoms with van der Waals surface area (Å²) in [6.07, 6.45) is -0.235. The third-order valence-electron chi connectivity index (χ3n) is 3.20. The van der Waals surface area contributed by atoms with Gasteiger partial charge >= 0.3 is 18.0 Å². The quantitative estimate of drug-likeness (QED) is 0.664. The molecule has 0 aromatic heterocycles. The zero-order chi connectivity index (χ0) is 16.0. The van der Waals surface area contributed by atoms with Gasteiger partial charge in [0, 0.05) is 19.5 Å². The van der Waals surface area contributed by atoms with Gasteiger partial charge in [-0.2, -0.15) is 0 Å². The number of amides is 2. The fourth-order valence-corrected chi connectivity index (χ4v) is 2.32. The molecule has 1 saturated heterocycles.